The van der Waals surface area contributed by atoms with Gasteiger partial charge in [0.25, 0.3) is 5.91 Å². The van der Waals surface area contributed by atoms with Crippen LogP contribution < -0.4 is 5.32 Å². The Balaban J connectivity index is 1.77. The largest absolute Gasteiger partial charge is 0.463 e. The second kappa shape index (κ2) is 6.71. The number of hydrogen-bond donors (Lipinski definition) is 1. The van der Waals surface area contributed by atoms with Crippen LogP contribution in [0.2, 0.25) is 0 Å². The number of hydrogen-bond acceptors (Lipinski definition) is 5. The van der Waals surface area contributed by atoms with E-state index in [1.807, 2.05) is 26.2 Å². The number of carbonyl (C=O) groups excluding carboxylic acids is 1. The lowest BCUT2D eigenvalue weighted by molar-refractivity contribution is 0.102. The van der Waals surface area contributed by atoms with Crippen LogP contribution in [0.15, 0.2) is 41.1 Å². The van der Waals surface area contributed by atoms with Gasteiger partial charge in [-0.2, -0.15) is 10.2 Å². The number of rotatable bonds is 5. The smallest absolute Gasteiger partial charge is 0.257 e. The molecule has 0 aliphatic rings. The Morgan fingerprint density at radius 1 is 1.30 bits per heavy atom. The van der Waals surface area contributed by atoms with Crippen molar-refractivity contribution in [3.8, 4) is 11.5 Å². The molecule has 0 unspecified atom stereocenters. The number of nitrogens with one attached hydrogen (secondary N) is 1. The molecule has 0 spiro atoms. The molecule has 1 N–H and O–H groups in total. The van der Waals surface area contributed by atoms with E-state index in [1.54, 1.807) is 33.8 Å². The second-order valence-corrected chi connectivity index (χ2v) is 6.36. The monoisotopic (exact) mass is 364 g/mol. The molecule has 0 radical (unpaired) electrons. The predicted octanol–water partition coefficient (Wildman–Crippen LogP) is 3.40. The van der Waals surface area contributed by atoms with E-state index >= 15 is 0 Å². The van der Waals surface area contributed by atoms with Crippen LogP contribution in [0.5, 0.6) is 0 Å². The minimum atomic E-state index is -0.256. The first kappa shape index (κ1) is 17.0. The first-order valence-corrected chi connectivity index (χ1v) is 8.80. The van der Waals surface area contributed by atoms with Crippen LogP contribution in [0.4, 0.5) is 5.82 Å². The van der Waals surface area contributed by atoms with E-state index in [9.17, 15) is 4.79 Å². The lowest BCUT2D eigenvalue weighted by Gasteiger charge is -2.07. The molecule has 0 saturated heterocycles. The quantitative estimate of drug-likeness (QED) is 0.586. The number of furan rings is 1. The van der Waals surface area contributed by atoms with E-state index < -0.39 is 0 Å². The molecule has 4 aromatic rings. The van der Waals surface area contributed by atoms with Gasteiger partial charge in [0.15, 0.2) is 17.2 Å². The van der Waals surface area contributed by atoms with E-state index in [4.69, 9.17) is 4.42 Å². The van der Waals surface area contributed by atoms with E-state index in [-0.39, 0.29) is 5.91 Å². The molecule has 8 heteroatoms. The number of nitrogens with zero attached hydrogens (tertiary/aromatic N) is 5. The molecule has 0 saturated carbocycles. The van der Waals surface area contributed by atoms with Crippen molar-refractivity contribution in [2.75, 3.05) is 5.32 Å². The van der Waals surface area contributed by atoms with Gasteiger partial charge >= 0.3 is 0 Å². The maximum Gasteiger partial charge on any atom is 0.257 e. The second-order valence-electron chi connectivity index (χ2n) is 6.36. The van der Waals surface area contributed by atoms with E-state index in [2.05, 4.69) is 27.4 Å². The summed E-state index contributed by atoms with van der Waals surface area (Å²) in [6.45, 7) is 4.75. The first-order chi connectivity index (χ1) is 13.1. The summed E-state index contributed by atoms with van der Waals surface area (Å²) in [5.41, 5.74) is 2.44. The first-order valence-electron chi connectivity index (χ1n) is 8.80. The van der Waals surface area contributed by atoms with Crippen LogP contribution in [-0.2, 0) is 13.6 Å². The van der Waals surface area contributed by atoms with Crippen molar-refractivity contribution in [3.63, 3.8) is 0 Å². The summed E-state index contributed by atoms with van der Waals surface area (Å²) in [6.07, 6.45) is 4.40. The minimum Gasteiger partial charge on any atom is -0.463 e. The van der Waals surface area contributed by atoms with Gasteiger partial charge in [-0.15, -0.1) is 0 Å². The number of amides is 1. The third-order valence-electron chi connectivity index (χ3n) is 4.32. The Morgan fingerprint density at radius 3 is 2.89 bits per heavy atom. The Labute approximate surface area is 155 Å². The highest BCUT2D eigenvalue weighted by Gasteiger charge is 2.20. The van der Waals surface area contributed by atoms with Gasteiger partial charge in [-0.1, -0.05) is 6.92 Å². The minimum absolute atomic E-state index is 0.256. The summed E-state index contributed by atoms with van der Waals surface area (Å²) < 4.78 is 8.94. The Kier molecular flexibility index (Phi) is 4.23. The third kappa shape index (κ3) is 3.10. The summed E-state index contributed by atoms with van der Waals surface area (Å²) in [6, 6.07) is 7.12. The Bertz CT molecular complexity index is 1110. The van der Waals surface area contributed by atoms with Gasteiger partial charge < -0.3 is 9.73 Å². The molecule has 4 heterocycles. The standard InChI is InChI=1S/C19H20N6O2/c1-4-8-25-9-7-16(23-25)21-19(26)13-11-14(15-6-5-10-27-15)20-18-17(13)12(2)22-24(18)3/h5-7,9-11H,4,8H2,1-3H3,(H,21,23,26). The van der Waals surface area contributed by atoms with Crippen molar-refractivity contribution >= 4 is 22.8 Å². The van der Waals surface area contributed by atoms with E-state index in [0.29, 0.717) is 28.5 Å². The van der Waals surface area contributed by atoms with Crippen molar-refractivity contribution < 1.29 is 9.21 Å². The zero-order chi connectivity index (χ0) is 19.0. The maximum atomic E-state index is 13.0. The molecule has 0 bridgehead atoms. The van der Waals surface area contributed by atoms with Gasteiger partial charge in [0.2, 0.25) is 0 Å². The average Bonchev–Trinajstić information content (AvgIpc) is 3.37. The Morgan fingerprint density at radius 2 is 2.15 bits per heavy atom. The molecule has 4 rings (SSSR count). The van der Waals surface area contributed by atoms with Gasteiger partial charge in [0.05, 0.1) is 22.9 Å². The lowest BCUT2D eigenvalue weighted by Crippen LogP contribution is -2.14. The van der Waals surface area contributed by atoms with Crippen LogP contribution >= 0.6 is 0 Å². The number of fused-ring (bicyclic) bond motifs is 1. The molecule has 8 nitrogen and oxygen atoms in total. The summed E-state index contributed by atoms with van der Waals surface area (Å²) in [4.78, 5) is 17.6. The molecule has 0 fully saturated rings. The zero-order valence-electron chi connectivity index (χ0n) is 15.4. The maximum absolute atomic E-state index is 13.0. The highest BCUT2D eigenvalue weighted by Crippen LogP contribution is 2.27. The zero-order valence-corrected chi connectivity index (χ0v) is 15.4. The molecule has 138 valence electrons. The van der Waals surface area contributed by atoms with Crippen molar-refractivity contribution in [3.05, 3.63) is 48.0 Å². The summed E-state index contributed by atoms with van der Waals surface area (Å²) in [7, 11) is 1.81. The van der Waals surface area contributed by atoms with Gasteiger partial charge in [0, 0.05) is 25.9 Å². The fraction of sp³-hybridized carbons (Fsp3) is 0.263. The summed E-state index contributed by atoms with van der Waals surface area (Å²) in [5, 5.41) is 12.4. The van der Waals surface area contributed by atoms with Crippen molar-refractivity contribution in [1.82, 2.24) is 24.5 Å². The van der Waals surface area contributed by atoms with E-state index in [1.165, 1.54) is 0 Å². The van der Waals surface area contributed by atoms with Crippen LogP contribution in [0.25, 0.3) is 22.5 Å². The number of aryl methyl sites for hydroxylation is 3. The van der Waals surface area contributed by atoms with Crippen LogP contribution in [0, 0.1) is 6.92 Å². The third-order valence-corrected chi connectivity index (χ3v) is 4.32. The van der Waals surface area contributed by atoms with Crippen LogP contribution in [0.1, 0.15) is 29.4 Å². The van der Waals surface area contributed by atoms with Crippen LogP contribution in [-0.4, -0.2) is 30.5 Å². The van der Waals surface area contributed by atoms with Gasteiger partial charge in [-0.25, -0.2) is 4.98 Å². The number of carbonyl (C=O) groups is 1. The van der Waals surface area contributed by atoms with Crippen molar-refractivity contribution in [1.29, 1.82) is 0 Å². The molecule has 0 aromatic carbocycles. The summed E-state index contributed by atoms with van der Waals surface area (Å²) >= 11 is 0. The molecule has 27 heavy (non-hydrogen) atoms. The molecule has 4 aromatic heterocycles. The number of anilines is 1. The molecule has 0 atom stereocenters. The Hall–Kier alpha value is -3.42. The highest BCUT2D eigenvalue weighted by atomic mass is 16.3. The summed E-state index contributed by atoms with van der Waals surface area (Å²) in [5.74, 6) is 0.851. The molecular formula is C19H20N6O2. The van der Waals surface area contributed by atoms with Crippen molar-refractivity contribution in [2.24, 2.45) is 7.05 Å². The van der Waals surface area contributed by atoms with Gasteiger partial charge in [-0.05, 0) is 31.5 Å². The molecular weight excluding hydrogens is 344 g/mol. The van der Waals surface area contributed by atoms with Gasteiger partial charge in [-0.3, -0.25) is 14.2 Å². The molecule has 1 amide bonds. The number of aromatic nitrogens is 5. The van der Waals surface area contributed by atoms with Crippen molar-refractivity contribution in [2.45, 2.75) is 26.8 Å². The lowest BCUT2D eigenvalue weighted by atomic mass is 10.1. The predicted molar refractivity (Wildman–Crippen MR) is 101 cm³/mol. The van der Waals surface area contributed by atoms with E-state index in [0.717, 1.165) is 24.0 Å². The average molecular weight is 364 g/mol. The number of pyridine rings is 1. The van der Waals surface area contributed by atoms with Gasteiger partial charge in [0.1, 0.15) is 5.69 Å². The normalized spacial score (nSPS) is 11.2. The fourth-order valence-corrected chi connectivity index (χ4v) is 3.14. The SMILES string of the molecule is CCCn1ccc(NC(=O)c2cc(-c3ccco3)nc3c2c(C)nn3C)n1. The topological polar surface area (TPSA) is 90.8 Å². The highest BCUT2D eigenvalue weighted by molar-refractivity contribution is 6.13. The molecule has 0 aliphatic carbocycles. The molecule has 0 aliphatic heterocycles. The fourth-order valence-electron chi connectivity index (χ4n) is 3.14. The van der Waals surface area contributed by atoms with Crippen LogP contribution in [0.3, 0.4) is 0 Å².